The highest BCUT2D eigenvalue weighted by Crippen LogP contribution is 2.15. The smallest absolute Gasteiger partial charge is 0.150 e. The van der Waals surface area contributed by atoms with Gasteiger partial charge in [0.15, 0.2) is 9.84 Å². The van der Waals surface area contributed by atoms with Crippen LogP contribution in [-0.2, 0) is 20.6 Å². The number of sulfone groups is 1. The van der Waals surface area contributed by atoms with E-state index in [4.69, 9.17) is 0 Å². The first-order valence-corrected chi connectivity index (χ1v) is 7.75. The minimum atomic E-state index is -2.53. The molecular weight excluding hydrogens is 208 g/mol. The normalized spacial score (nSPS) is 36.5. The Labute approximate surface area is 82.3 Å². The number of hydrogen-bond donors (Lipinski definition) is 0. The summed E-state index contributed by atoms with van der Waals surface area (Å²) in [4.78, 5) is 0. The third kappa shape index (κ3) is 3.77. The van der Waals surface area contributed by atoms with Gasteiger partial charge in [-0.1, -0.05) is 13.8 Å². The summed E-state index contributed by atoms with van der Waals surface area (Å²) >= 11 is 0. The third-order valence-electron chi connectivity index (χ3n) is 2.02. The second-order valence-electron chi connectivity index (χ2n) is 4.06. The van der Waals surface area contributed by atoms with E-state index < -0.39 is 20.6 Å². The van der Waals surface area contributed by atoms with Crippen LogP contribution in [0.1, 0.15) is 13.8 Å². The largest absolute Gasteiger partial charge is 0.260 e. The molecule has 78 valence electrons. The molecule has 13 heavy (non-hydrogen) atoms. The summed E-state index contributed by atoms with van der Waals surface area (Å²) in [6, 6.07) is 0. The molecule has 0 bridgehead atoms. The van der Waals surface area contributed by atoms with Crippen LogP contribution in [0, 0.1) is 11.8 Å². The highest BCUT2D eigenvalue weighted by molar-refractivity contribution is 7.92. The van der Waals surface area contributed by atoms with E-state index in [1.54, 1.807) is 0 Å². The maximum atomic E-state index is 10.3. The van der Waals surface area contributed by atoms with Gasteiger partial charge in [-0.25, -0.2) is 8.42 Å². The minimum absolute atomic E-state index is 0.410. The van der Waals surface area contributed by atoms with E-state index in [0.29, 0.717) is 17.4 Å². The molecule has 0 amide bonds. The molecule has 2 heterocycles. The molecule has 0 aliphatic carbocycles. The summed E-state index contributed by atoms with van der Waals surface area (Å²) in [6.07, 6.45) is 0. The van der Waals surface area contributed by atoms with E-state index in [0.717, 1.165) is 17.4 Å². The standard InChI is InChI=1S/C4H8O2S.C4H8OS/c1-4-2-7(5,6)3-4;1-4-2-6(5)3-4/h4H,2-3H2,1H3;4H,2-3H2,1H3. The average molecular weight is 224 g/mol. The van der Waals surface area contributed by atoms with Crippen molar-refractivity contribution in [2.75, 3.05) is 23.0 Å². The molecule has 2 fully saturated rings. The van der Waals surface area contributed by atoms with Crippen LogP contribution in [0.5, 0.6) is 0 Å². The summed E-state index contributed by atoms with van der Waals surface area (Å²) in [6.45, 7) is 4.07. The number of hydrogen-bond acceptors (Lipinski definition) is 3. The molecule has 0 radical (unpaired) electrons. The first-order chi connectivity index (χ1) is 5.89. The minimum Gasteiger partial charge on any atom is -0.260 e. The molecule has 0 N–H and O–H groups in total. The summed E-state index contributed by atoms with van der Waals surface area (Å²) in [5, 5.41) is 0. The molecular formula is C8H16O3S2. The van der Waals surface area contributed by atoms with Gasteiger partial charge in [-0.2, -0.15) is 0 Å². The Morgan fingerprint density at radius 1 is 1.08 bits per heavy atom. The zero-order valence-electron chi connectivity index (χ0n) is 8.02. The fraction of sp³-hybridized carbons (Fsp3) is 1.00. The molecule has 2 aliphatic rings. The van der Waals surface area contributed by atoms with Crippen LogP contribution in [0.4, 0.5) is 0 Å². The molecule has 2 saturated heterocycles. The molecule has 2 rings (SSSR count). The van der Waals surface area contributed by atoms with Crippen LogP contribution >= 0.6 is 0 Å². The van der Waals surface area contributed by atoms with E-state index in [9.17, 15) is 12.6 Å². The monoisotopic (exact) mass is 224 g/mol. The third-order valence-corrected chi connectivity index (χ3v) is 6.05. The molecule has 0 aromatic rings. The highest BCUT2D eigenvalue weighted by Gasteiger charge is 2.28. The number of rotatable bonds is 0. The Bertz CT molecular complexity index is 275. The molecule has 0 aromatic heterocycles. The van der Waals surface area contributed by atoms with Gasteiger partial charge in [0, 0.05) is 22.3 Å². The van der Waals surface area contributed by atoms with Crippen LogP contribution in [0.3, 0.4) is 0 Å². The molecule has 0 unspecified atom stereocenters. The van der Waals surface area contributed by atoms with E-state index >= 15 is 0 Å². The van der Waals surface area contributed by atoms with Crippen LogP contribution in [-0.4, -0.2) is 35.6 Å². The van der Waals surface area contributed by atoms with Gasteiger partial charge in [-0.3, -0.25) is 4.21 Å². The molecule has 0 aromatic carbocycles. The Morgan fingerprint density at radius 2 is 1.54 bits per heavy atom. The molecule has 2 aliphatic heterocycles. The average Bonchev–Trinajstić information content (AvgIpc) is 1.81. The van der Waals surface area contributed by atoms with Gasteiger partial charge >= 0.3 is 0 Å². The Kier molecular flexibility index (Phi) is 3.51. The van der Waals surface area contributed by atoms with Crippen molar-refractivity contribution in [1.82, 2.24) is 0 Å². The van der Waals surface area contributed by atoms with Crippen molar-refractivity contribution < 1.29 is 12.6 Å². The van der Waals surface area contributed by atoms with Crippen molar-refractivity contribution in [1.29, 1.82) is 0 Å². The predicted octanol–water partition coefficient (Wildman–Crippen LogP) is 0.436. The lowest BCUT2D eigenvalue weighted by Crippen LogP contribution is -2.33. The highest BCUT2D eigenvalue weighted by atomic mass is 32.2. The zero-order chi connectivity index (χ0) is 10.1. The first-order valence-electron chi connectivity index (χ1n) is 4.44. The van der Waals surface area contributed by atoms with Crippen molar-refractivity contribution in [2.24, 2.45) is 11.8 Å². The van der Waals surface area contributed by atoms with Crippen molar-refractivity contribution in [3.63, 3.8) is 0 Å². The van der Waals surface area contributed by atoms with Gasteiger partial charge in [0.25, 0.3) is 0 Å². The van der Waals surface area contributed by atoms with Crippen LogP contribution < -0.4 is 0 Å². The van der Waals surface area contributed by atoms with E-state index in [1.807, 2.05) is 6.92 Å². The van der Waals surface area contributed by atoms with Crippen LogP contribution in [0.15, 0.2) is 0 Å². The second-order valence-corrected chi connectivity index (χ2v) is 7.76. The molecule has 0 spiro atoms. The summed E-state index contributed by atoms with van der Waals surface area (Å²) in [5.41, 5.74) is 0. The summed E-state index contributed by atoms with van der Waals surface area (Å²) in [5.74, 6) is 3.87. The lowest BCUT2D eigenvalue weighted by Gasteiger charge is -2.20. The molecule has 5 heteroatoms. The fourth-order valence-electron chi connectivity index (χ4n) is 1.40. The summed E-state index contributed by atoms with van der Waals surface area (Å²) < 4.78 is 30.8. The lowest BCUT2D eigenvalue weighted by atomic mass is 10.2. The van der Waals surface area contributed by atoms with Crippen LogP contribution in [0.25, 0.3) is 0 Å². The van der Waals surface area contributed by atoms with Gasteiger partial charge in [0.2, 0.25) is 0 Å². The Morgan fingerprint density at radius 3 is 1.54 bits per heavy atom. The van der Waals surface area contributed by atoms with Crippen LogP contribution in [0.2, 0.25) is 0 Å². The topological polar surface area (TPSA) is 51.2 Å². The van der Waals surface area contributed by atoms with Crippen molar-refractivity contribution in [3.05, 3.63) is 0 Å². The lowest BCUT2D eigenvalue weighted by molar-refractivity contribution is 0.542. The first kappa shape index (κ1) is 11.2. The maximum Gasteiger partial charge on any atom is 0.150 e. The molecule has 0 saturated carbocycles. The predicted molar refractivity (Wildman–Crippen MR) is 54.9 cm³/mol. The van der Waals surface area contributed by atoms with Gasteiger partial charge in [-0.15, -0.1) is 0 Å². The Hall–Kier alpha value is 0.1000. The van der Waals surface area contributed by atoms with Gasteiger partial charge in [0.05, 0.1) is 11.5 Å². The van der Waals surface area contributed by atoms with Crippen molar-refractivity contribution in [3.8, 4) is 0 Å². The molecule has 0 atom stereocenters. The maximum absolute atomic E-state index is 10.3. The van der Waals surface area contributed by atoms with E-state index in [2.05, 4.69) is 6.92 Å². The Balaban J connectivity index is 0.000000132. The quantitative estimate of drug-likeness (QED) is 0.600. The molecule has 3 nitrogen and oxygen atoms in total. The summed E-state index contributed by atoms with van der Waals surface area (Å²) in [7, 11) is -2.95. The van der Waals surface area contributed by atoms with Gasteiger partial charge in [-0.05, 0) is 11.8 Å². The fourth-order valence-corrected chi connectivity index (χ4v) is 4.21. The van der Waals surface area contributed by atoms with Gasteiger partial charge < -0.3 is 0 Å². The van der Waals surface area contributed by atoms with Crippen molar-refractivity contribution in [2.45, 2.75) is 13.8 Å². The second kappa shape index (κ2) is 4.09. The SMILES string of the molecule is CC1CS(=O)(=O)C1.CC1CS(=O)C1. The van der Waals surface area contributed by atoms with Gasteiger partial charge in [0.1, 0.15) is 0 Å². The zero-order valence-corrected chi connectivity index (χ0v) is 9.66. The van der Waals surface area contributed by atoms with Crippen molar-refractivity contribution >= 4 is 20.6 Å². The van der Waals surface area contributed by atoms with E-state index in [1.165, 1.54) is 0 Å². The van der Waals surface area contributed by atoms with E-state index in [-0.39, 0.29) is 0 Å².